The summed E-state index contributed by atoms with van der Waals surface area (Å²) < 4.78 is 5.32. The van der Waals surface area contributed by atoms with Crippen molar-refractivity contribution in [3.63, 3.8) is 0 Å². The van der Waals surface area contributed by atoms with E-state index in [1.807, 2.05) is 0 Å². The molecule has 0 atom stereocenters. The zero-order valence-electron chi connectivity index (χ0n) is 16.8. The second-order valence-electron chi connectivity index (χ2n) is 7.08. The largest absolute Gasteiger partial charge is 0.504 e. The number of aromatic nitrogens is 1. The van der Waals surface area contributed by atoms with Gasteiger partial charge >= 0.3 is 0 Å². The van der Waals surface area contributed by atoms with Gasteiger partial charge in [-0.05, 0) is 42.9 Å². The van der Waals surface area contributed by atoms with Gasteiger partial charge in [-0.3, -0.25) is 9.69 Å². The number of H-pyrrole nitrogens is 1. The van der Waals surface area contributed by atoms with Crippen LogP contribution in [-0.2, 0) is 13.1 Å². The van der Waals surface area contributed by atoms with Crippen molar-refractivity contribution in [1.29, 1.82) is 0 Å². The van der Waals surface area contributed by atoms with Crippen molar-refractivity contribution < 1.29 is 14.6 Å². The summed E-state index contributed by atoms with van der Waals surface area (Å²) in [5.74, 6) is 0.215. The third-order valence-electron chi connectivity index (χ3n) is 5.51. The Bertz CT molecular complexity index is 1060. The number of phenolic OH excluding ortho intramolecular Hbond substituents is 1. The van der Waals surface area contributed by atoms with Crippen LogP contribution in [0.4, 0.5) is 0 Å². The zero-order chi connectivity index (χ0) is 19.8. The predicted molar refractivity (Wildman–Crippen MR) is 117 cm³/mol. The first-order valence-electron chi connectivity index (χ1n) is 9.61. The molecule has 154 valence electrons. The number of aromatic amines is 1. The molecule has 0 saturated heterocycles. The van der Waals surface area contributed by atoms with Gasteiger partial charge in [-0.15, -0.1) is 12.4 Å². The van der Waals surface area contributed by atoms with E-state index in [1.165, 1.54) is 12.7 Å². The maximum Gasteiger partial charge on any atom is 0.252 e. The molecule has 0 saturated carbocycles. The molecule has 0 bridgehead atoms. The first-order chi connectivity index (χ1) is 13.5. The van der Waals surface area contributed by atoms with Gasteiger partial charge in [0.25, 0.3) is 5.91 Å². The number of nitrogens with zero attached hydrogens (tertiary/aromatic N) is 1. The summed E-state index contributed by atoms with van der Waals surface area (Å²) >= 11 is 0. The van der Waals surface area contributed by atoms with Gasteiger partial charge < -0.3 is 20.1 Å². The molecule has 0 unspecified atom stereocenters. The van der Waals surface area contributed by atoms with Gasteiger partial charge in [-0.2, -0.15) is 0 Å². The van der Waals surface area contributed by atoms with Crippen LogP contribution in [0.1, 0.15) is 35.3 Å². The van der Waals surface area contributed by atoms with Crippen LogP contribution in [-0.4, -0.2) is 41.1 Å². The second-order valence-corrected chi connectivity index (χ2v) is 7.08. The maximum absolute atomic E-state index is 12.4. The number of halogens is 1. The fraction of sp³-hybridized carbons (Fsp3) is 0.318. The number of aromatic hydroxyl groups is 1. The van der Waals surface area contributed by atoms with Crippen molar-refractivity contribution in [2.45, 2.75) is 26.9 Å². The molecule has 0 radical (unpaired) electrons. The number of methoxy groups -OCH3 is 1. The van der Waals surface area contributed by atoms with Crippen LogP contribution < -0.4 is 10.1 Å². The van der Waals surface area contributed by atoms with Gasteiger partial charge in [0.15, 0.2) is 11.5 Å². The van der Waals surface area contributed by atoms with Crippen LogP contribution >= 0.6 is 12.4 Å². The lowest BCUT2D eigenvalue weighted by Crippen LogP contribution is -2.21. The number of phenols is 1. The molecule has 3 N–H and O–H groups in total. The fourth-order valence-corrected chi connectivity index (χ4v) is 3.89. The number of carbonyl (C=O) groups is 1. The first kappa shape index (κ1) is 21.0. The highest BCUT2D eigenvalue weighted by Gasteiger charge is 2.29. The third kappa shape index (κ3) is 3.66. The van der Waals surface area contributed by atoms with Gasteiger partial charge in [0.05, 0.1) is 12.7 Å². The number of fused-ring (bicyclic) bond motifs is 2. The number of rotatable bonds is 6. The van der Waals surface area contributed by atoms with Gasteiger partial charge in [0, 0.05) is 40.8 Å². The molecule has 1 aliphatic rings. The van der Waals surface area contributed by atoms with Crippen LogP contribution in [0.3, 0.4) is 0 Å². The molecule has 2 heterocycles. The number of ether oxygens (including phenoxy) is 1. The summed E-state index contributed by atoms with van der Waals surface area (Å²) in [6.07, 6.45) is 0. The molecule has 0 fully saturated rings. The van der Waals surface area contributed by atoms with E-state index in [2.05, 4.69) is 53.3 Å². The fourth-order valence-electron chi connectivity index (χ4n) is 3.89. The van der Waals surface area contributed by atoms with E-state index in [9.17, 15) is 9.90 Å². The van der Waals surface area contributed by atoms with Crippen LogP contribution in [0, 0.1) is 0 Å². The molecule has 6 nitrogen and oxygen atoms in total. The Morgan fingerprint density at radius 3 is 2.62 bits per heavy atom. The van der Waals surface area contributed by atoms with E-state index in [4.69, 9.17) is 4.74 Å². The molecular formula is C22H26ClN3O3. The number of carbonyl (C=O) groups excluding carboxylic acids is 1. The Kier molecular flexibility index (Phi) is 6.05. The summed E-state index contributed by atoms with van der Waals surface area (Å²) in [7, 11) is 1.51. The van der Waals surface area contributed by atoms with E-state index in [0.29, 0.717) is 23.4 Å². The van der Waals surface area contributed by atoms with Gasteiger partial charge in [0.2, 0.25) is 0 Å². The average Bonchev–Trinajstić information content (AvgIpc) is 3.30. The van der Waals surface area contributed by atoms with Gasteiger partial charge in [-0.25, -0.2) is 0 Å². The van der Waals surface area contributed by atoms with E-state index < -0.39 is 0 Å². The van der Waals surface area contributed by atoms with Crippen LogP contribution in [0.5, 0.6) is 11.5 Å². The van der Waals surface area contributed by atoms with Crippen molar-refractivity contribution in [3.8, 4) is 22.8 Å². The molecule has 1 aliphatic heterocycles. The van der Waals surface area contributed by atoms with Crippen LogP contribution in [0.25, 0.3) is 22.2 Å². The van der Waals surface area contributed by atoms with Crippen molar-refractivity contribution >= 4 is 29.2 Å². The number of hydrogen-bond donors (Lipinski definition) is 3. The predicted octanol–water partition coefficient (Wildman–Crippen LogP) is 4.06. The molecule has 0 spiro atoms. The Hall–Kier alpha value is -2.70. The number of benzene rings is 2. The SMILES string of the molecule is CCN(CC)Cc1ccc2[nH]c(-c3cc(OC)c(O)c4c3C(=O)NC4)cc2c1.Cl. The van der Waals surface area contributed by atoms with Gasteiger partial charge in [0.1, 0.15) is 0 Å². The van der Waals surface area contributed by atoms with Gasteiger partial charge in [-0.1, -0.05) is 19.9 Å². The van der Waals surface area contributed by atoms with Crippen LogP contribution in [0.15, 0.2) is 30.3 Å². The lowest BCUT2D eigenvalue weighted by molar-refractivity contribution is 0.0966. The Morgan fingerprint density at radius 1 is 1.17 bits per heavy atom. The first-order valence-corrected chi connectivity index (χ1v) is 9.61. The van der Waals surface area contributed by atoms with Crippen molar-refractivity contribution in [1.82, 2.24) is 15.2 Å². The number of hydrogen-bond acceptors (Lipinski definition) is 4. The Balaban J connectivity index is 0.00000240. The third-order valence-corrected chi connectivity index (χ3v) is 5.51. The Labute approximate surface area is 176 Å². The summed E-state index contributed by atoms with van der Waals surface area (Å²) in [6, 6.07) is 10.2. The second kappa shape index (κ2) is 8.35. The van der Waals surface area contributed by atoms with Crippen LogP contribution in [0.2, 0.25) is 0 Å². The highest BCUT2D eigenvalue weighted by molar-refractivity contribution is 6.06. The number of nitrogens with one attached hydrogen (secondary N) is 2. The summed E-state index contributed by atoms with van der Waals surface area (Å²) in [4.78, 5) is 18.2. The van der Waals surface area contributed by atoms with E-state index in [0.717, 1.165) is 41.8 Å². The molecular weight excluding hydrogens is 390 g/mol. The summed E-state index contributed by atoms with van der Waals surface area (Å²) in [6.45, 7) is 7.58. The van der Waals surface area contributed by atoms with Crippen molar-refractivity contribution in [2.24, 2.45) is 0 Å². The van der Waals surface area contributed by atoms with E-state index in [-0.39, 0.29) is 24.1 Å². The molecule has 7 heteroatoms. The molecule has 0 aliphatic carbocycles. The quantitative estimate of drug-likeness (QED) is 0.567. The minimum Gasteiger partial charge on any atom is -0.504 e. The zero-order valence-corrected chi connectivity index (χ0v) is 17.7. The lowest BCUT2D eigenvalue weighted by Gasteiger charge is -2.17. The lowest BCUT2D eigenvalue weighted by atomic mass is 9.98. The van der Waals surface area contributed by atoms with E-state index >= 15 is 0 Å². The molecule has 1 aromatic heterocycles. The highest BCUT2D eigenvalue weighted by Crippen LogP contribution is 2.41. The Morgan fingerprint density at radius 2 is 1.93 bits per heavy atom. The monoisotopic (exact) mass is 415 g/mol. The van der Waals surface area contributed by atoms with E-state index in [1.54, 1.807) is 6.07 Å². The minimum absolute atomic E-state index is 0. The normalized spacial score (nSPS) is 12.8. The topological polar surface area (TPSA) is 77.6 Å². The highest BCUT2D eigenvalue weighted by atomic mass is 35.5. The van der Waals surface area contributed by atoms with Crippen molar-refractivity contribution in [2.75, 3.05) is 20.2 Å². The molecule has 3 aromatic rings. The molecule has 4 rings (SSSR count). The minimum atomic E-state index is -0.177. The average molecular weight is 416 g/mol. The van der Waals surface area contributed by atoms with Crippen molar-refractivity contribution in [3.05, 3.63) is 47.0 Å². The maximum atomic E-state index is 12.4. The standard InChI is InChI=1S/C22H25N3O3.ClH/c1-4-25(5-2)12-13-6-7-17-14(8-13)9-18(24-17)15-10-19(28-3)21(26)16-11-23-22(27)20(15)16;/h6-10,24,26H,4-5,11-12H2,1-3H3,(H,23,27);1H. The molecule has 29 heavy (non-hydrogen) atoms. The molecule has 2 aromatic carbocycles. The number of amides is 1. The summed E-state index contributed by atoms with van der Waals surface area (Å²) in [5.41, 5.74) is 4.93. The smallest absolute Gasteiger partial charge is 0.252 e. The summed E-state index contributed by atoms with van der Waals surface area (Å²) in [5, 5.41) is 14.3. The molecule has 1 amide bonds.